The van der Waals surface area contributed by atoms with Gasteiger partial charge in [0.2, 0.25) is 5.91 Å². The van der Waals surface area contributed by atoms with Gasteiger partial charge >= 0.3 is 0 Å². The quantitative estimate of drug-likeness (QED) is 0.912. The third kappa shape index (κ3) is 2.89. The first-order chi connectivity index (χ1) is 11.3. The Morgan fingerprint density at radius 1 is 0.913 bits per heavy atom. The lowest BCUT2D eigenvalue weighted by atomic mass is 9.63. The molecule has 0 bridgehead atoms. The number of carbonyl (C=O) groups excluding carboxylic acids is 1. The number of benzene rings is 2. The van der Waals surface area contributed by atoms with Gasteiger partial charge in [0.15, 0.2) is 0 Å². The first kappa shape index (κ1) is 15.8. The van der Waals surface area contributed by atoms with Crippen LogP contribution in [0.5, 0.6) is 0 Å². The summed E-state index contributed by atoms with van der Waals surface area (Å²) in [6.07, 6.45) is 3.02. The second-order valence-corrected chi connectivity index (χ2v) is 6.28. The van der Waals surface area contributed by atoms with E-state index in [-0.39, 0.29) is 11.8 Å². The van der Waals surface area contributed by atoms with Crippen molar-refractivity contribution in [2.45, 2.75) is 24.7 Å². The van der Waals surface area contributed by atoms with Crippen molar-refractivity contribution in [3.63, 3.8) is 0 Å². The summed E-state index contributed by atoms with van der Waals surface area (Å²) in [4.78, 5) is 12.8. The highest BCUT2D eigenvalue weighted by atomic mass is 16.1. The highest BCUT2D eigenvalue weighted by molar-refractivity contribution is 5.91. The molecule has 2 aromatic rings. The van der Waals surface area contributed by atoms with Crippen molar-refractivity contribution >= 4 is 5.91 Å². The Bertz CT molecular complexity index is 592. The minimum atomic E-state index is -0.755. The lowest BCUT2D eigenvalue weighted by molar-refractivity contribution is -0.124. The van der Waals surface area contributed by atoms with Crippen LogP contribution in [-0.4, -0.2) is 19.0 Å². The molecule has 1 fully saturated rings. The van der Waals surface area contributed by atoms with Gasteiger partial charge in [-0.05, 0) is 49.4 Å². The molecule has 0 radical (unpaired) electrons. The molecule has 3 heteroatoms. The summed E-state index contributed by atoms with van der Waals surface area (Å²) in [6, 6.07) is 20.1. The van der Waals surface area contributed by atoms with Gasteiger partial charge in [0.25, 0.3) is 0 Å². The molecule has 23 heavy (non-hydrogen) atoms. The molecule has 120 valence electrons. The fraction of sp³-hybridized carbons (Fsp3) is 0.350. The lowest BCUT2D eigenvalue weighted by Crippen LogP contribution is -2.48. The number of nitrogens with two attached hydrogens (primary N) is 1. The van der Waals surface area contributed by atoms with Crippen LogP contribution in [0.4, 0.5) is 0 Å². The molecule has 0 spiro atoms. The summed E-state index contributed by atoms with van der Waals surface area (Å²) in [5.74, 6) is -0.0402. The van der Waals surface area contributed by atoms with Crippen LogP contribution in [0.3, 0.4) is 0 Å². The molecule has 1 atom stereocenters. The number of primary amides is 1. The summed E-state index contributed by atoms with van der Waals surface area (Å²) in [5.41, 5.74) is 7.31. The molecule has 0 saturated carbocycles. The summed E-state index contributed by atoms with van der Waals surface area (Å²) in [7, 11) is 0. The molecule has 1 heterocycles. The number of hydrogen-bond acceptors (Lipinski definition) is 2. The van der Waals surface area contributed by atoms with E-state index in [2.05, 4.69) is 5.32 Å². The van der Waals surface area contributed by atoms with Crippen LogP contribution in [0.15, 0.2) is 60.7 Å². The fourth-order valence-electron chi connectivity index (χ4n) is 3.98. The number of amides is 1. The van der Waals surface area contributed by atoms with Gasteiger partial charge < -0.3 is 11.1 Å². The molecule has 1 unspecified atom stereocenters. The van der Waals surface area contributed by atoms with E-state index >= 15 is 0 Å². The van der Waals surface area contributed by atoms with Gasteiger partial charge in [0.1, 0.15) is 5.41 Å². The predicted molar refractivity (Wildman–Crippen MR) is 93.1 cm³/mol. The van der Waals surface area contributed by atoms with Crippen molar-refractivity contribution in [3.05, 3.63) is 71.8 Å². The maximum Gasteiger partial charge on any atom is 0.232 e. The second-order valence-electron chi connectivity index (χ2n) is 6.28. The van der Waals surface area contributed by atoms with Gasteiger partial charge in [-0.15, -0.1) is 0 Å². The molecule has 1 saturated heterocycles. The molecular formula is C20H24N2O. The monoisotopic (exact) mass is 308 g/mol. The highest BCUT2D eigenvalue weighted by Gasteiger charge is 2.46. The molecule has 0 aliphatic carbocycles. The van der Waals surface area contributed by atoms with E-state index in [1.165, 1.54) is 0 Å². The fourth-order valence-corrected chi connectivity index (χ4v) is 3.98. The molecule has 1 aliphatic heterocycles. The SMILES string of the molecule is NC(=O)C(c1ccccc1)(c1ccccc1)C1CCCNCC1. The predicted octanol–water partition coefficient (Wildman–Crippen LogP) is 2.85. The molecule has 1 aliphatic rings. The van der Waals surface area contributed by atoms with Crippen molar-refractivity contribution in [1.29, 1.82) is 0 Å². The topological polar surface area (TPSA) is 55.1 Å². The maximum atomic E-state index is 12.8. The van der Waals surface area contributed by atoms with Gasteiger partial charge in [0, 0.05) is 0 Å². The van der Waals surface area contributed by atoms with E-state index in [1.807, 2.05) is 60.7 Å². The minimum Gasteiger partial charge on any atom is -0.369 e. The lowest BCUT2D eigenvalue weighted by Gasteiger charge is -2.39. The Morgan fingerprint density at radius 2 is 1.48 bits per heavy atom. The van der Waals surface area contributed by atoms with E-state index in [1.54, 1.807) is 0 Å². The Kier molecular flexibility index (Phi) is 4.77. The Morgan fingerprint density at radius 3 is 2.00 bits per heavy atom. The highest BCUT2D eigenvalue weighted by Crippen LogP contribution is 2.43. The van der Waals surface area contributed by atoms with E-state index in [0.717, 1.165) is 43.5 Å². The van der Waals surface area contributed by atoms with Gasteiger partial charge in [0.05, 0.1) is 0 Å². The zero-order valence-corrected chi connectivity index (χ0v) is 13.4. The first-order valence-electron chi connectivity index (χ1n) is 8.38. The number of carbonyl (C=O) groups is 1. The molecule has 3 rings (SSSR count). The number of hydrogen-bond donors (Lipinski definition) is 2. The normalized spacial score (nSPS) is 19.0. The van der Waals surface area contributed by atoms with Crippen LogP contribution in [-0.2, 0) is 10.2 Å². The number of nitrogens with one attached hydrogen (secondary N) is 1. The first-order valence-corrected chi connectivity index (χ1v) is 8.38. The third-order valence-electron chi connectivity index (χ3n) is 5.04. The van der Waals surface area contributed by atoms with Gasteiger partial charge in [-0.1, -0.05) is 60.7 Å². The van der Waals surface area contributed by atoms with Crippen molar-refractivity contribution in [3.8, 4) is 0 Å². The molecule has 0 aromatic heterocycles. The van der Waals surface area contributed by atoms with Crippen LogP contribution in [0, 0.1) is 5.92 Å². The summed E-state index contributed by atoms with van der Waals surface area (Å²) in [6.45, 7) is 1.94. The second kappa shape index (κ2) is 6.97. The minimum absolute atomic E-state index is 0.208. The molecular weight excluding hydrogens is 284 g/mol. The molecule has 3 nitrogen and oxygen atoms in total. The summed E-state index contributed by atoms with van der Waals surface area (Å²) in [5, 5.41) is 3.44. The van der Waals surface area contributed by atoms with Gasteiger partial charge in [-0.3, -0.25) is 4.79 Å². The Hall–Kier alpha value is -2.13. The summed E-state index contributed by atoms with van der Waals surface area (Å²) < 4.78 is 0. The van der Waals surface area contributed by atoms with E-state index in [0.29, 0.717) is 0 Å². The maximum absolute atomic E-state index is 12.8. The smallest absolute Gasteiger partial charge is 0.232 e. The Labute approximate surface area is 137 Å². The summed E-state index contributed by atoms with van der Waals surface area (Å²) >= 11 is 0. The largest absolute Gasteiger partial charge is 0.369 e. The van der Waals surface area contributed by atoms with Crippen molar-refractivity contribution in [2.75, 3.05) is 13.1 Å². The zero-order valence-electron chi connectivity index (χ0n) is 13.4. The average molecular weight is 308 g/mol. The average Bonchev–Trinajstić information content (AvgIpc) is 2.87. The van der Waals surface area contributed by atoms with Crippen molar-refractivity contribution in [1.82, 2.24) is 5.32 Å². The standard InChI is InChI=1S/C20H24N2O/c21-19(23)20(16-8-3-1-4-9-16,17-10-5-2-6-11-17)18-12-7-14-22-15-13-18/h1-6,8-11,18,22H,7,12-15H2,(H2,21,23). The third-order valence-corrected chi connectivity index (χ3v) is 5.04. The van der Waals surface area contributed by atoms with Crippen LogP contribution >= 0.6 is 0 Å². The molecule has 2 aromatic carbocycles. The van der Waals surface area contributed by atoms with Crippen LogP contribution in [0.2, 0.25) is 0 Å². The molecule has 1 amide bonds. The van der Waals surface area contributed by atoms with E-state index in [9.17, 15) is 4.79 Å². The van der Waals surface area contributed by atoms with Crippen LogP contribution < -0.4 is 11.1 Å². The van der Waals surface area contributed by atoms with E-state index in [4.69, 9.17) is 5.73 Å². The van der Waals surface area contributed by atoms with Crippen LogP contribution in [0.25, 0.3) is 0 Å². The van der Waals surface area contributed by atoms with Crippen molar-refractivity contribution in [2.24, 2.45) is 11.7 Å². The Balaban J connectivity index is 2.20. The van der Waals surface area contributed by atoms with Crippen LogP contribution in [0.1, 0.15) is 30.4 Å². The molecule has 3 N–H and O–H groups in total. The zero-order chi connectivity index (χ0) is 16.1. The van der Waals surface area contributed by atoms with Crippen molar-refractivity contribution < 1.29 is 4.79 Å². The number of rotatable bonds is 4. The van der Waals surface area contributed by atoms with Gasteiger partial charge in [-0.25, -0.2) is 0 Å². The van der Waals surface area contributed by atoms with Gasteiger partial charge in [-0.2, -0.15) is 0 Å². The van der Waals surface area contributed by atoms with E-state index < -0.39 is 5.41 Å².